The van der Waals surface area contributed by atoms with Gasteiger partial charge in [-0.25, -0.2) is 4.79 Å². The Morgan fingerprint density at radius 3 is 2.56 bits per heavy atom. The van der Waals surface area contributed by atoms with Crippen LogP contribution in [-0.4, -0.2) is 29.0 Å². The second kappa shape index (κ2) is 6.96. The largest absolute Gasteiger partial charge is 0.393 e. The number of nitrogens with one attached hydrogen (secondary N) is 1. The predicted octanol–water partition coefficient (Wildman–Crippen LogP) is 2.46. The monoisotopic (exact) mass is 265 g/mol. The van der Waals surface area contributed by atoms with Gasteiger partial charge >= 0.3 is 6.03 Å². The SMILES string of the molecule is CCN(CC(C)C(N)=S)C(=O)Nc1ccccc1. The Bertz CT molecular complexity index is 408. The number of para-hydroxylation sites is 1. The molecule has 4 nitrogen and oxygen atoms in total. The van der Waals surface area contributed by atoms with Crippen LogP contribution in [0.15, 0.2) is 30.3 Å². The van der Waals surface area contributed by atoms with E-state index in [1.807, 2.05) is 44.2 Å². The zero-order valence-corrected chi connectivity index (χ0v) is 11.5. The van der Waals surface area contributed by atoms with E-state index < -0.39 is 0 Å². The van der Waals surface area contributed by atoms with Gasteiger partial charge < -0.3 is 16.0 Å². The Morgan fingerprint density at radius 2 is 2.06 bits per heavy atom. The highest BCUT2D eigenvalue weighted by Crippen LogP contribution is 2.08. The molecule has 0 radical (unpaired) electrons. The fraction of sp³-hybridized carbons (Fsp3) is 0.385. The molecule has 0 spiro atoms. The molecule has 1 unspecified atom stereocenters. The molecule has 0 aliphatic carbocycles. The van der Waals surface area contributed by atoms with E-state index in [1.54, 1.807) is 4.90 Å². The van der Waals surface area contributed by atoms with Crippen LogP contribution >= 0.6 is 12.2 Å². The van der Waals surface area contributed by atoms with Gasteiger partial charge in [0, 0.05) is 24.7 Å². The quantitative estimate of drug-likeness (QED) is 0.804. The summed E-state index contributed by atoms with van der Waals surface area (Å²) in [6.45, 7) is 4.99. The number of thiocarbonyl (C=S) groups is 1. The van der Waals surface area contributed by atoms with Crippen LogP contribution in [0.3, 0.4) is 0 Å². The lowest BCUT2D eigenvalue weighted by molar-refractivity contribution is 0.211. The van der Waals surface area contributed by atoms with Gasteiger partial charge in [-0.1, -0.05) is 37.3 Å². The van der Waals surface area contributed by atoms with Crippen molar-refractivity contribution in [3.8, 4) is 0 Å². The maximum Gasteiger partial charge on any atom is 0.321 e. The molecule has 1 atom stereocenters. The van der Waals surface area contributed by atoms with Gasteiger partial charge in [-0.15, -0.1) is 0 Å². The molecular formula is C13H19N3OS. The van der Waals surface area contributed by atoms with E-state index in [1.165, 1.54) is 0 Å². The van der Waals surface area contributed by atoms with Crippen LogP contribution in [0.4, 0.5) is 10.5 Å². The summed E-state index contributed by atoms with van der Waals surface area (Å²) in [4.78, 5) is 14.2. The molecule has 0 saturated carbocycles. The average molecular weight is 265 g/mol. The van der Waals surface area contributed by atoms with Gasteiger partial charge in [0.25, 0.3) is 0 Å². The Morgan fingerprint density at radius 1 is 1.44 bits per heavy atom. The fourth-order valence-electron chi connectivity index (χ4n) is 1.50. The molecule has 0 aromatic heterocycles. The van der Waals surface area contributed by atoms with Crippen molar-refractivity contribution in [2.45, 2.75) is 13.8 Å². The first-order chi connectivity index (χ1) is 8.54. The molecule has 0 bridgehead atoms. The van der Waals surface area contributed by atoms with Gasteiger partial charge in [-0.3, -0.25) is 0 Å². The highest BCUT2D eigenvalue weighted by atomic mass is 32.1. The van der Waals surface area contributed by atoms with Crippen LogP contribution in [-0.2, 0) is 0 Å². The molecule has 0 aliphatic rings. The fourth-order valence-corrected chi connectivity index (χ4v) is 1.57. The van der Waals surface area contributed by atoms with Crippen LogP contribution in [0.5, 0.6) is 0 Å². The third kappa shape index (κ3) is 4.33. The number of amides is 2. The van der Waals surface area contributed by atoms with Crippen LogP contribution in [0.25, 0.3) is 0 Å². The first-order valence-corrected chi connectivity index (χ1v) is 6.35. The molecule has 0 heterocycles. The summed E-state index contributed by atoms with van der Waals surface area (Å²) in [7, 11) is 0. The van der Waals surface area contributed by atoms with Crippen LogP contribution in [0, 0.1) is 5.92 Å². The van der Waals surface area contributed by atoms with Crippen LogP contribution in [0.1, 0.15) is 13.8 Å². The topological polar surface area (TPSA) is 58.4 Å². The summed E-state index contributed by atoms with van der Waals surface area (Å²) < 4.78 is 0. The number of carbonyl (C=O) groups is 1. The second-order valence-corrected chi connectivity index (χ2v) is 4.61. The predicted molar refractivity (Wildman–Crippen MR) is 78.7 cm³/mol. The van der Waals surface area contributed by atoms with Crippen molar-refractivity contribution in [2.24, 2.45) is 11.7 Å². The highest BCUT2D eigenvalue weighted by Gasteiger charge is 2.16. The highest BCUT2D eigenvalue weighted by molar-refractivity contribution is 7.80. The standard InChI is InChI=1S/C13H19N3OS/c1-3-16(9-10(2)12(14)18)13(17)15-11-7-5-4-6-8-11/h4-8,10H,3,9H2,1-2H3,(H2,14,18)(H,15,17). The lowest BCUT2D eigenvalue weighted by Gasteiger charge is -2.24. The Balaban J connectivity index is 2.60. The number of nitrogens with two attached hydrogens (primary N) is 1. The number of urea groups is 1. The van der Waals surface area contributed by atoms with E-state index in [0.717, 1.165) is 5.69 Å². The molecule has 98 valence electrons. The molecule has 2 amide bonds. The lowest BCUT2D eigenvalue weighted by atomic mass is 10.1. The van der Waals surface area contributed by atoms with E-state index in [4.69, 9.17) is 18.0 Å². The van der Waals surface area contributed by atoms with Crippen molar-refractivity contribution in [3.63, 3.8) is 0 Å². The zero-order valence-electron chi connectivity index (χ0n) is 10.7. The first kappa shape index (κ1) is 14.4. The molecule has 1 rings (SSSR count). The molecule has 0 aliphatic heterocycles. The van der Waals surface area contributed by atoms with E-state index in [-0.39, 0.29) is 11.9 Å². The number of carbonyl (C=O) groups excluding carboxylic acids is 1. The Kier molecular flexibility index (Phi) is 5.58. The third-order valence-corrected chi connectivity index (χ3v) is 3.08. The third-order valence-electron chi connectivity index (χ3n) is 2.67. The number of rotatable bonds is 5. The molecule has 3 N–H and O–H groups in total. The number of hydrogen-bond acceptors (Lipinski definition) is 2. The Hall–Kier alpha value is -1.62. The summed E-state index contributed by atoms with van der Waals surface area (Å²) >= 11 is 4.92. The van der Waals surface area contributed by atoms with Crippen LogP contribution < -0.4 is 11.1 Å². The van der Waals surface area contributed by atoms with E-state index in [0.29, 0.717) is 18.1 Å². The maximum absolute atomic E-state index is 12.0. The van der Waals surface area contributed by atoms with Gasteiger partial charge in [0.05, 0.1) is 4.99 Å². The van der Waals surface area contributed by atoms with Crippen molar-refractivity contribution in [1.82, 2.24) is 4.90 Å². The van der Waals surface area contributed by atoms with Gasteiger partial charge in [-0.05, 0) is 19.1 Å². The first-order valence-electron chi connectivity index (χ1n) is 5.95. The van der Waals surface area contributed by atoms with Gasteiger partial charge in [0.2, 0.25) is 0 Å². The smallest absolute Gasteiger partial charge is 0.321 e. The normalized spacial score (nSPS) is 11.7. The Labute approximate surface area is 113 Å². The average Bonchev–Trinajstić information content (AvgIpc) is 2.36. The summed E-state index contributed by atoms with van der Waals surface area (Å²) in [5.74, 6) is 0.0153. The molecule has 18 heavy (non-hydrogen) atoms. The molecular weight excluding hydrogens is 246 g/mol. The molecule has 0 saturated heterocycles. The van der Waals surface area contributed by atoms with Gasteiger partial charge in [0.1, 0.15) is 0 Å². The minimum absolute atomic E-state index is 0.0153. The molecule has 1 aromatic rings. The number of hydrogen-bond donors (Lipinski definition) is 2. The summed E-state index contributed by atoms with van der Waals surface area (Å²) in [5.41, 5.74) is 6.35. The van der Waals surface area contributed by atoms with Crippen molar-refractivity contribution in [3.05, 3.63) is 30.3 Å². The van der Waals surface area contributed by atoms with Crippen molar-refractivity contribution >= 4 is 28.9 Å². The number of benzene rings is 1. The van der Waals surface area contributed by atoms with Crippen LogP contribution in [0.2, 0.25) is 0 Å². The summed E-state index contributed by atoms with van der Waals surface area (Å²) in [6, 6.07) is 9.23. The van der Waals surface area contributed by atoms with Gasteiger partial charge in [0.15, 0.2) is 0 Å². The van der Waals surface area contributed by atoms with Gasteiger partial charge in [-0.2, -0.15) is 0 Å². The van der Waals surface area contributed by atoms with Crippen molar-refractivity contribution in [2.75, 3.05) is 18.4 Å². The molecule has 5 heteroatoms. The maximum atomic E-state index is 12.0. The molecule has 0 fully saturated rings. The molecule has 1 aromatic carbocycles. The number of anilines is 1. The minimum atomic E-state index is -0.133. The van der Waals surface area contributed by atoms with Crippen molar-refractivity contribution < 1.29 is 4.79 Å². The lowest BCUT2D eigenvalue weighted by Crippen LogP contribution is -2.40. The van der Waals surface area contributed by atoms with E-state index in [2.05, 4.69) is 5.32 Å². The van der Waals surface area contributed by atoms with Crippen molar-refractivity contribution in [1.29, 1.82) is 0 Å². The zero-order chi connectivity index (χ0) is 13.5. The number of nitrogens with zero attached hydrogens (tertiary/aromatic N) is 1. The second-order valence-electron chi connectivity index (χ2n) is 4.14. The minimum Gasteiger partial charge on any atom is -0.393 e. The summed E-state index contributed by atoms with van der Waals surface area (Å²) in [6.07, 6.45) is 0. The van der Waals surface area contributed by atoms with E-state index in [9.17, 15) is 4.79 Å². The van der Waals surface area contributed by atoms with E-state index >= 15 is 0 Å². The summed E-state index contributed by atoms with van der Waals surface area (Å²) in [5, 5.41) is 2.84.